The third-order valence-corrected chi connectivity index (χ3v) is 3.88. The molecule has 0 spiro atoms. The fourth-order valence-electron chi connectivity index (χ4n) is 2.58. The molecule has 9 heteroatoms. The van der Waals surface area contributed by atoms with Gasteiger partial charge in [-0.3, -0.25) is 14.6 Å². The van der Waals surface area contributed by atoms with Crippen LogP contribution >= 0.6 is 0 Å². The van der Waals surface area contributed by atoms with Crippen LogP contribution in [0.3, 0.4) is 0 Å². The number of aryl methyl sites for hydroxylation is 1. The number of rotatable bonds is 7. The Bertz CT molecular complexity index is 842. The highest BCUT2D eigenvalue weighted by molar-refractivity contribution is 5.98. The molecular weight excluding hydrogens is 339 g/mol. The minimum absolute atomic E-state index is 0.0625. The summed E-state index contributed by atoms with van der Waals surface area (Å²) in [4.78, 5) is 32.8. The number of hydrogen-bond acceptors (Lipinski definition) is 6. The van der Waals surface area contributed by atoms with E-state index in [-0.39, 0.29) is 17.2 Å². The highest BCUT2D eigenvalue weighted by atomic mass is 19.1. The molecule has 2 aromatic heterocycles. The monoisotopic (exact) mass is 360 g/mol. The number of anilines is 3. The zero-order chi connectivity index (χ0) is 19.4. The van der Waals surface area contributed by atoms with Crippen LogP contribution in [0.1, 0.15) is 29.3 Å². The van der Waals surface area contributed by atoms with Crippen molar-refractivity contribution in [3.8, 4) is 0 Å². The number of hydrogen-bond donors (Lipinski definition) is 3. The molecule has 0 saturated carbocycles. The second-order valence-electron chi connectivity index (χ2n) is 5.87. The number of nitrogens with two attached hydrogens (primary N) is 2. The number of amides is 2. The minimum Gasteiger partial charge on any atom is -0.368 e. The fourth-order valence-corrected chi connectivity index (χ4v) is 2.58. The minimum atomic E-state index is -0.837. The molecule has 0 fully saturated rings. The van der Waals surface area contributed by atoms with Gasteiger partial charge in [0.25, 0.3) is 5.91 Å². The second-order valence-corrected chi connectivity index (χ2v) is 5.87. The Morgan fingerprint density at radius 2 is 2.00 bits per heavy atom. The molecule has 2 heterocycles. The molecule has 2 aromatic rings. The van der Waals surface area contributed by atoms with Crippen molar-refractivity contribution in [2.75, 3.05) is 17.3 Å². The zero-order valence-corrected chi connectivity index (χ0v) is 14.8. The van der Waals surface area contributed by atoms with E-state index >= 15 is 0 Å². The van der Waals surface area contributed by atoms with Crippen LogP contribution in [-0.4, -0.2) is 34.9 Å². The number of aromatic nitrogens is 2. The highest BCUT2D eigenvalue weighted by Crippen LogP contribution is 2.26. The van der Waals surface area contributed by atoms with Crippen LogP contribution in [0.25, 0.3) is 0 Å². The molecule has 138 valence electrons. The van der Waals surface area contributed by atoms with E-state index in [1.165, 1.54) is 18.1 Å². The Kier molecular flexibility index (Phi) is 5.71. The first kappa shape index (κ1) is 19.1. The number of primary amides is 2. The first-order valence-electron chi connectivity index (χ1n) is 7.95. The van der Waals surface area contributed by atoms with E-state index in [1.54, 1.807) is 19.2 Å². The summed E-state index contributed by atoms with van der Waals surface area (Å²) < 4.78 is 14.5. The molecule has 0 aliphatic carbocycles. The van der Waals surface area contributed by atoms with Crippen molar-refractivity contribution < 1.29 is 14.0 Å². The van der Waals surface area contributed by atoms with Crippen LogP contribution in [0.2, 0.25) is 0 Å². The van der Waals surface area contributed by atoms with Gasteiger partial charge in [-0.1, -0.05) is 6.92 Å². The van der Waals surface area contributed by atoms with Crippen LogP contribution in [0.4, 0.5) is 21.7 Å². The van der Waals surface area contributed by atoms with Gasteiger partial charge in [-0.05, 0) is 31.0 Å². The lowest BCUT2D eigenvalue weighted by atomic mass is 10.1. The molecule has 2 rings (SSSR count). The first-order valence-corrected chi connectivity index (χ1v) is 7.95. The topological polar surface area (TPSA) is 127 Å². The molecule has 2 amide bonds. The van der Waals surface area contributed by atoms with Crippen LogP contribution in [0, 0.1) is 12.7 Å². The van der Waals surface area contributed by atoms with E-state index < -0.39 is 23.7 Å². The molecule has 1 unspecified atom stereocenters. The van der Waals surface area contributed by atoms with Gasteiger partial charge in [-0.25, -0.2) is 9.37 Å². The van der Waals surface area contributed by atoms with Crippen LogP contribution in [0.15, 0.2) is 24.5 Å². The second kappa shape index (κ2) is 7.77. The van der Waals surface area contributed by atoms with Crippen molar-refractivity contribution in [2.45, 2.75) is 26.3 Å². The molecule has 26 heavy (non-hydrogen) atoms. The molecule has 1 atom stereocenters. The lowest BCUT2D eigenvalue weighted by molar-refractivity contribution is -0.119. The third-order valence-electron chi connectivity index (χ3n) is 3.88. The van der Waals surface area contributed by atoms with Crippen molar-refractivity contribution in [1.82, 2.24) is 9.97 Å². The van der Waals surface area contributed by atoms with Crippen molar-refractivity contribution in [2.24, 2.45) is 11.5 Å². The summed E-state index contributed by atoms with van der Waals surface area (Å²) in [5.74, 6) is -2.28. The third kappa shape index (κ3) is 4.05. The number of likely N-dealkylation sites (N-methyl/N-ethyl adjacent to an activating group) is 1. The highest BCUT2D eigenvalue weighted by Gasteiger charge is 2.25. The van der Waals surface area contributed by atoms with Crippen LogP contribution in [-0.2, 0) is 4.79 Å². The Balaban J connectivity index is 2.52. The van der Waals surface area contributed by atoms with Crippen molar-refractivity contribution >= 4 is 29.1 Å². The Hall–Kier alpha value is -3.23. The number of carbonyl (C=O) groups excluding carboxylic acids is 2. The van der Waals surface area contributed by atoms with Gasteiger partial charge < -0.3 is 21.7 Å². The summed E-state index contributed by atoms with van der Waals surface area (Å²) in [5, 5.41) is 2.92. The summed E-state index contributed by atoms with van der Waals surface area (Å²) in [6.45, 7) is 3.60. The van der Waals surface area contributed by atoms with Gasteiger partial charge >= 0.3 is 0 Å². The zero-order valence-electron chi connectivity index (χ0n) is 14.8. The average Bonchev–Trinajstić information content (AvgIpc) is 2.56. The quantitative estimate of drug-likeness (QED) is 0.686. The van der Waals surface area contributed by atoms with Gasteiger partial charge in [0, 0.05) is 13.2 Å². The molecule has 0 saturated heterocycles. The van der Waals surface area contributed by atoms with Gasteiger partial charge in [0.1, 0.15) is 11.9 Å². The predicted molar refractivity (Wildman–Crippen MR) is 96.6 cm³/mol. The van der Waals surface area contributed by atoms with E-state index in [4.69, 9.17) is 11.5 Å². The maximum absolute atomic E-state index is 14.5. The molecule has 8 nitrogen and oxygen atoms in total. The summed E-state index contributed by atoms with van der Waals surface area (Å²) >= 11 is 0. The lowest BCUT2D eigenvalue weighted by Crippen LogP contribution is -2.43. The van der Waals surface area contributed by atoms with Crippen molar-refractivity contribution in [3.63, 3.8) is 0 Å². The summed E-state index contributed by atoms with van der Waals surface area (Å²) in [5.41, 5.74) is 12.0. The maximum Gasteiger partial charge on any atom is 0.252 e. The Labute approximate surface area is 150 Å². The number of pyridine rings is 2. The molecule has 0 radical (unpaired) electrons. The molecule has 0 bridgehead atoms. The Morgan fingerprint density at radius 1 is 1.31 bits per heavy atom. The first-order chi connectivity index (χ1) is 12.2. The molecule has 5 N–H and O–H groups in total. The number of nitrogens with one attached hydrogen (secondary N) is 1. The van der Waals surface area contributed by atoms with E-state index in [9.17, 15) is 14.0 Å². The molecule has 0 aliphatic heterocycles. The van der Waals surface area contributed by atoms with Gasteiger partial charge in [0.2, 0.25) is 5.91 Å². The van der Waals surface area contributed by atoms with Crippen LogP contribution in [0.5, 0.6) is 0 Å². The summed E-state index contributed by atoms with van der Waals surface area (Å²) in [6.07, 6.45) is 3.57. The van der Waals surface area contributed by atoms with Gasteiger partial charge in [0.05, 0.1) is 17.4 Å². The molecule has 0 aliphatic rings. The van der Waals surface area contributed by atoms with E-state index in [0.29, 0.717) is 12.1 Å². The summed E-state index contributed by atoms with van der Waals surface area (Å²) in [7, 11) is 1.51. The number of nitrogens with zero attached hydrogens (tertiary/aromatic N) is 3. The van der Waals surface area contributed by atoms with Crippen molar-refractivity contribution in [3.05, 3.63) is 41.5 Å². The average molecular weight is 360 g/mol. The van der Waals surface area contributed by atoms with E-state index in [2.05, 4.69) is 15.3 Å². The lowest BCUT2D eigenvalue weighted by Gasteiger charge is -2.26. The van der Waals surface area contributed by atoms with Crippen LogP contribution < -0.4 is 21.7 Å². The van der Waals surface area contributed by atoms with Gasteiger partial charge in [-0.15, -0.1) is 0 Å². The smallest absolute Gasteiger partial charge is 0.252 e. The maximum atomic E-state index is 14.5. The fraction of sp³-hybridized carbons (Fsp3) is 0.294. The van der Waals surface area contributed by atoms with Crippen molar-refractivity contribution in [1.29, 1.82) is 0 Å². The number of carbonyl (C=O) groups is 2. The largest absolute Gasteiger partial charge is 0.368 e. The Morgan fingerprint density at radius 3 is 2.54 bits per heavy atom. The normalized spacial score (nSPS) is 11.7. The molecule has 0 aromatic carbocycles. The summed E-state index contributed by atoms with van der Waals surface area (Å²) in [6, 6.07) is 2.02. The van der Waals surface area contributed by atoms with E-state index in [0.717, 1.165) is 11.6 Å². The molecular formula is C17H21FN6O2. The SMILES string of the molecule is CCC(C(N)=O)N(C)c1nc(Nc2cncc(C)c2)c(C(N)=O)cc1F. The standard InChI is InChI=1S/C17H21FN6O2/c1-4-13(15(20)26)24(3)17-12(18)6-11(14(19)25)16(23-17)22-10-5-9(2)7-21-8-10/h5-8,13H,4H2,1-3H3,(H2,19,25)(H2,20,26)(H,22,23). The number of halogens is 1. The predicted octanol–water partition coefficient (Wildman–Crippen LogP) is 1.47. The van der Waals surface area contributed by atoms with Gasteiger partial charge in [-0.2, -0.15) is 0 Å². The van der Waals surface area contributed by atoms with E-state index in [1.807, 2.05) is 6.92 Å². The van der Waals surface area contributed by atoms with Gasteiger partial charge in [0.15, 0.2) is 11.6 Å².